The highest BCUT2D eigenvalue weighted by Gasteiger charge is 2.23. The van der Waals surface area contributed by atoms with Crippen LogP contribution in [0.5, 0.6) is 11.6 Å². The van der Waals surface area contributed by atoms with Gasteiger partial charge in [-0.05, 0) is 37.3 Å². The largest absolute Gasteiger partial charge is 0.435 e. The normalized spacial score (nSPS) is 11.3. The van der Waals surface area contributed by atoms with E-state index in [1.54, 1.807) is 25.3 Å². The van der Waals surface area contributed by atoms with Crippen molar-refractivity contribution in [3.05, 3.63) is 68.5 Å². The third-order valence-corrected chi connectivity index (χ3v) is 6.25. The van der Waals surface area contributed by atoms with Crippen LogP contribution in [-0.4, -0.2) is 18.4 Å². The van der Waals surface area contributed by atoms with Gasteiger partial charge in [0.15, 0.2) is 5.75 Å². The van der Waals surface area contributed by atoms with E-state index in [0.29, 0.717) is 11.4 Å². The fraction of sp³-hybridized carbons (Fsp3) is 0.0588. The fourth-order valence-electron chi connectivity index (χ4n) is 2.17. The molecule has 0 saturated heterocycles. The number of rotatable bonds is 5. The van der Waals surface area contributed by atoms with Crippen LogP contribution in [-0.2, 0) is 10.0 Å². The molecule has 0 spiro atoms. The average molecular weight is 479 g/mol. The number of ether oxygens (including phenoxy) is 1. The van der Waals surface area contributed by atoms with Crippen LogP contribution >= 0.6 is 46.4 Å². The first-order valence-electron chi connectivity index (χ1n) is 7.60. The highest BCUT2D eigenvalue weighted by atomic mass is 35.5. The molecule has 146 valence electrons. The van der Waals surface area contributed by atoms with Gasteiger partial charge >= 0.3 is 0 Å². The van der Waals surface area contributed by atoms with E-state index in [9.17, 15) is 8.42 Å². The summed E-state index contributed by atoms with van der Waals surface area (Å²) in [4.78, 5) is 7.91. The third-order valence-electron chi connectivity index (χ3n) is 3.49. The van der Waals surface area contributed by atoms with Crippen LogP contribution in [0, 0.1) is 6.92 Å². The molecular weight excluding hydrogens is 468 g/mol. The predicted octanol–water partition coefficient (Wildman–Crippen LogP) is 5.99. The van der Waals surface area contributed by atoms with E-state index in [2.05, 4.69) is 14.7 Å². The highest BCUT2D eigenvalue weighted by Crippen LogP contribution is 2.35. The Kier molecular flexibility index (Phi) is 6.21. The lowest BCUT2D eigenvalue weighted by atomic mass is 10.3. The second kappa shape index (κ2) is 8.31. The van der Waals surface area contributed by atoms with Gasteiger partial charge in [0.25, 0.3) is 10.0 Å². The van der Waals surface area contributed by atoms with Gasteiger partial charge in [-0.3, -0.25) is 9.71 Å². The zero-order valence-corrected chi connectivity index (χ0v) is 17.9. The summed E-state index contributed by atoms with van der Waals surface area (Å²) in [6.45, 7) is 1.74. The first-order valence-corrected chi connectivity index (χ1v) is 10.6. The van der Waals surface area contributed by atoms with Crippen LogP contribution in [0.2, 0.25) is 20.1 Å². The Hall–Kier alpha value is -1.77. The molecule has 0 bridgehead atoms. The summed E-state index contributed by atoms with van der Waals surface area (Å²) in [5, 5.41) is 0.278. The maximum absolute atomic E-state index is 12.8. The molecule has 0 aliphatic carbocycles. The number of anilines is 1. The molecule has 2 aromatic heterocycles. The molecule has 0 atom stereocenters. The minimum atomic E-state index is -4.14. The molecule has 0 aliphatic heterocycles. The van der Waals surface area contributed by atoms with E-state index >= 15 is 0 Å². The Balaban J connectivity index is 2.01. The minimum absolute atomic E-state index is 0.0119. The Labute approximate surface area is 181 Å². The van der Waals surface area contributed by atoms with Crippen LogP contribution in [0.1, 0.15) is 5.69 Å². The van der Waals surface area contributed by atoms with E-state index in [4.69, 9.17) is 51.1 Å². The van der Waals surface area contributed by atoms with Crippen LogP contribution < -0.4 is 9.46 Å². The third kappa shape index (κ3) is 4.61. The lowest BCUT2D eigenvalue weighted by molar-refractivity contribution is 0.459. The van der Waals surface area contributed by atoms with Crippen molar-refractivity contribution < 1.29 is 13.2 Å². The second-order valence-corrected chi connectivity index (χ2v) is 8.81. The van der Waals surface area contributed by atoms with Gasteiger partial charge in [0, 0.05) is 12.4 Å². The monoisotopic (exact) mass is 477 g/mol. The van der Waals surface area contributed by atoms with Gasteiger partial charge in [0.05, 0.1) is 25.8 Å². The van der Waals surface area contributed by atoms with Gasteiger partial charge in [0.1, 0.15) is 10.6 Å². The maximum atomic E-state index is 12.8. The van der Waals surface area contributed by atoms with Gasteiger partial charge < -0.3 is 4.74 Å². The number of benzene rings is 1. The Morgan fingerprint density at radius 2 is 1.71 bits per heavy atom. The number of aryl methyl sites for hydroxylation is 1. The van der Waals surface area contributed by atoms with Crippen molar-refractivity contribution in [3.8, 4) is 11.6 Å². The smallest absolute Gasteiger partial charge is 0.263 e. The Morgan fingerprint density at radius 3 is 2.43 bits per heavy atom. The molecule has 0 saturated carbocycles. The zero-order chi connectivity index (χ0) is 20.5. The van der Waals surface area contributed by atoms with Crippen LogP contribution in [0.15, 0.2) is 47.6 Å². The molecule has 0 radical (unpaired) electrons. The van der Waals surface area contributed by atoms with Gasteiger partial charge in [-0.1, -0.05) is 46.4 Å². The topological polar surface area (TPSA) is 81.2 Å². The number of sulfonamides is 1. The number of nitrogens with one attached hydrogen (secondary N) is 1. The maximum Gasteiger partial charge on any atom is 0.263 e. The van der Waals surface area contributed by atoms with Gasteiger partial charge in [-0.2, -0.15) is 0 Å². The zero-order valence-electron chi connectivity index (χ0n) is 14.1. The summed E-state index contributed by atoms with van der Waals surface area (Å²) in [7, 11) is -4.14. The summed E-state index contributed by atoms with van der Waals surface area (Å²) in [6.07, 6.45) is 2.93. The summed E-state index contributed by atoms with van der Waals surface area (Å²) in [6, 6.07) is 7.11. The molecular formula is C17H11Cl4N3O3S. The van der Waals surface area contributed by atoms with Crippen molar-refractivity contribution >= 4 is 62.1 Å². The minimum Gasteiger partial charge on any atom is -0.435 e. The van der Waals surface area contributed by atoms with E-state index in [1.807, 2.05) is 0 Å². The van der Waals surface area contributed by atoms with Crippen LogP contribution in [0.4, 0.5) is 5.69 Å². The molecule has 11 heteroatoms. The summed E-state index contributed by atoms with van der Waals surface area (Å²) in [5.41, 5.74) is 0.610. The Bertz CT molecular complexity index is 1160. The standard InChI is InChI=1S/C17H11Cl4N3O3S/c1-9-15(3-2-4-22-9)27-17-14(5-10(18)8-23-17)24-28(25,26)16-7-12(20)11(19)6-13(16)21/h2-8,24H,1H3. The summed E-state index contributed by atoms with van der Waals surface area (Å²) in [5.74, 6) is 0.394. The van der Waals surface area contributed by atoms with Crippen molar-refractivity contribution in [1.29, 1.82) is 0 Å². The molecule has 0 amide bonds. The molecule has 6 nitrogen and oxygen atoms in total. The Morgan fingerprint density at radius 1 is 1.00 bits per heavy atom. The van der Waals surface area contributed by atoms with Crippen LogP contribution in [0.3, 0.4) is 0 Å². The van der Waals surface area contributed by atoms with Gasteiger partial charge in [0.2, 0.25) is 5.88 Å². The predicted molar refractivity (Wildman–Crippen MR) is 111 cm³/mol. The number of hydrogen-bond acceptors (Lipinski definition) is 5. The lowest BCUT2D eigenvalue weighted by Crippen LogP contribution is -2.14. The van der Waals surface area contributed by atoms with E-state index in [0.717, 1.165) is 6.07 Å². The van der Waals surface area contributed by atoms with Gasteiger partial charge in [-0.15, -0.1) is 0 Å². The average Bonchev–Trinajstić information content (AvgIpc) is 2.61. The molecule has 2 heterocycles. The van der Waals surface area contributed by atoms with E-state index < -0.39 is 10.0 Å². The van der Waals surface area contributed by atoms with Crippen molar-refractivity contribution in [1.82, 2.24) is 9.97 Å². The molecule has 0 fully saturated rings. The van der Waals surface area contributed by atoms with Crippen molar-refractivity contribution in [2.45, 2.75) is 11.8 Å². The van der Waals surface area contributed by atoms with E-state index in [-0.39, 0.29) is 36.6 Å². The fourth-order valence-corrected chi connectivity index (χ4v) is 4.38. The number of halogens is 4. The number of aromatic nitrogens is 2. The number of pyridine rings is 2. The van der Waals surface area contributed by atoms with Crippen molar-refractivity contribution in [2.24, 2.45) is 0 Å². The molecule has 28 heavy (non-hydrogen) atoms. The molecule has 3 rings (SSSR count). The molecule has 3 aromatic rings. The van der Waals surface area contributed by atoms with Crippen molar-refractivity contribution in [2.75, 3.05) is 4.72 Å². The van der Waals surface area contributed by atoms with Crippen molar-refractivity contribution in [3.63, 3.8) is 0 Å². The second-order valence-electron chi connectivity index (χ2n) is 5.50. The summed E-state index contributed by atoms with van der Waals surface area (Å²) < 4.78 is 33.7. The lowest BCUT2D eigenvalue weighted by Gasteiger charge is -2.14. The SMILES string of the molecule is Cc1ncccc1Oc1ncc(Cl)cc1NS(=O)(=O)c1cc(Cl)c(Cl)cc1Cl. The van der Waals surface area contributed by atoms with E-state index in [1.165, 1.54) is 18.3 Å². The molecule has 0 unspecified atom stereocenters. The summed E-state index contributed by atoms with van der Waals surface area (Å²) >= 11 is 23.8. The van der Waals surface area contributed by atoms with Gasteiger partial charge in [-0.25, -0.2) is 13.4 Å². The first kappa shape index (κ1) is 21.0. The number of hydrogen-bond donors (Lipinski definition) is 1. The first-order chi connectivity index (χ1) is 13.2. The van der Waals surface area contributed by atoms with Crippen LogP contribution in [0.25, 0.3) is 0 Å². The molecule has 1 N–H and O–H groups in total. The highest BCUT2D eigenvalue weighted by molar-refractivity contribution is 7.92. The number of nitrogens with zero attached hydrogens (tertiary/aromatic N) is 2. The molecule has 0 aliphatic rings. The molecule has 1 aromatic carbocycles. The quantitative estimate of drug-likeness (QED) is 0.455.